The number of nitrogens with zero attached hydrogens (tertiary/aromatic N) is 4. The van der Waals surface area contributed by atoms with Crippen LogP contribution in [-0.4, -0.2) is 85.5 Å². The van der Waals surface area contributed by atoms with Gasteiger partial charge in [0.05, 0.1) is 36.8 Å². The second-order valence-corrected chi connectivity index (χ2v) is 14.5. The number of likely N-dealkylation sites (N-methyl/N-ethyl adjacent to an activating group) is 1. The Balaban J connectivity index is 1.68. The SMILES string of the molecule is C[C@@H]1CN([C@@H](C)CO)C(=O)Cc2cc(NS(=O)(=O)c3ccc(Cl)cc3)ccc2O[C@H]1CN(C)S(=O)(=O)c1cn(C)cn1. The van der Waals surface area contributed by atoms with E-state index in [2.05, 4.69) is 9.71 Å². The van der Waals surface area contributed by atoms with Crippen molar-refractivity contribution in [2.24, 2.45) is 13.0 Å². The molecule has 1 amide bonds. The number of aromatic nitrogens is 2. The predicted octanol–water partition coefficient (Wildman–Crippen LogP) is 2.34. The summed E-state index contributed by atoms with van der Waals surface area (Å²) in [4.78, 5) is 19.0. The van der Waals surface area contributed by atoms with Crippen LogP contribution in [0, 0.1) is 5.92 Å². The Morgan fingerprint density at radius 1 is 1.19 bits per heavy atom. The molecule has 2 heterocycles. The van der Waals surface area contributed by atoms with Gasteiger partial charge in [-0.15, -0.1) is 0 Å². The van der Waals surface area contributed by atoms with E-state index in [1.165, 1.54) is 65.4 Å². The summed E-state index contributed by atoms with van der Waals surface area (Å²) in [5.74, 6) is -0.323. The van der Waals surface area contributed by atoms with Crippen molar-refractivity contribution in [1.29, 1.82) is 0 Å². The molecule has 3 atom stereocenters. The summed E-state index contributed by atoms with van der Waals surface area (Å²) in [5, 5.41) is 10.1. The fourth-order valence-electron chi connectivity index (χ4n) is 4.57. The van der Waals surface area contributed by atoms with E-state index in [9.17, 15) is 26.7 Å². The van der Waals surface area contributed by atoms with Gasteiger partial charge in [-0.1, -0.05) is 18.5 Å². The molecule has 15 heteroatoms. The van der Waals surface area contributed by atoms with Crippen LogP contribution in [-0.2, 0) is 38.3 Å². The van der Waals surface area contributed by atoms with E-state index < -0.39 is 32.2 Å². The van der Waals surface area contributed by atoms with Crippen LogP contribution >= 0.6 is 11.6 Å². The molecule has 12 nitrogen and oxygen atoms in total. The van der Waals surface area contributed by atoms with Gasteiger partial charge < -0.3 is 19.3 Å². The van der Waals surface area contributed by atoms with Crippen molar-refractivity contribution in [2.75, 3.05) is 31.5 Å². The molecular formula is C27H34ClN5O7S2. The van der Waals surface area contributed by atoms with Crippen molar-refractivity contribution in [3.8, 4) is 5.75 Å². The van der Waals surface area contributed by atoms with E-state index in [0.29, 0.717) is 16.3 Å². The lowest BCUT2D eigenvalue weighted by Gasteiger charge is -2.33. The molecule has 0 saturated heterocycles. The number of hydrogen-bond donors (Lipinski definition) is 2. The molecule has 2 aromatic carbocycles. The van der Waals surface area contributed by atoms with E-state index >= 15 is 0 Å². The van der Waals surface area contributed by atoms with Crippen molar-refractivity contribution >= 4 is 43.2 Å². The molecule has 1 aliphatic heterocycles. The Kier molecular flexibility index (Phi) is 9.52. The highest BCUT2D eigenvalue weighted by molar-refractivity contribution is 7.92. The Bertz CT molecular complexity index is 1650. The Hall–Kier alpha value is -3.17. The third-order valence-corrected chi connectivity index (χ3v) is 10.4. The summed E-state index contributed by atoms with van der Waals surface area (Å²) in [6.07, 6.45) is 1.97. The van der Waals surface area contributed by atoms with Crippen LogP contribution in [0.25, 0.3) is 0 Å². The summed E-state index contributed by atoms with van der Waals surface area (Å²) < 4.78 is 63.9. The average molecular weight is 640 g/mol. The number of nitrogens with one attached hydrogen (secondary N) is 1. The normalized spacial score (nSPS) is 18.9. The maximum Gasteiger partial charge on any atom is 0.261 e. The third kappa shape index (κ3) is 7.06. The number of carbonyl (C=O) groups excluding carboxylic acids is 1. The fraction of sp³-hybridized carbons (Fsp3) is 0.407. The minimum absolute atomic E-state index is 0.0109. The molecule has 0 aliphatic carbocycles. The van der Waals surface area contributed by atoms with Crippen molar-refractivity contribution in [3.05, 3.63) is 65.6 Å². The molecule has 1 aromatic heterocycles. The number of fused-ring (bicyclic) bond motifs is 1. The Morgan fingerprint density at radius 2 is 1.88 bits per heavy atom. The van der Waals surface area contributed by atoms with E-state index in [0.717, 1.165) is 4.31 Å². The van der Waals surface area contributed by atoms with Crippen LogP contribution in [0.3, 0.4) is 0 Å². The number of aryl methyl sites for hydroxylation is 1. The van der Waals surface area contributed by atoms with E-state index in [4.69, 9.17) is 16.3 Å². The number of imidazole rings is 1. The van der Waals surface area contributed by atoms with Crippen molar-refractivity contribution in [2.45, 2.75) is 42.3 Å². The number of sulfonamides is 2. The molecule has 0 unspecified atom stereocenters. The molecule has 3 aromatic rings. The van der Waals surface area contributed by atoms with E-state index in [1.807, 2.05) is 6.92 Å². The molecule has 2 N–H and O–H groups in total. The topological polar surface area (TPSA) is 151 Å². The lowest BCUT2D eigenvalue weighted by Crippen LogP contribution is -2.48. The number of aliphatic hydroxyl groups excluding tert-OH is 1. The summed E-state index contributed by atoms with van der Waals surface area (Å²) >= 11 is 5.89. The van der Waals surface area contributed by atoms with Gasteiger partial charge in [0.2, 0.25) is 5.91 Å². The Morgan fingerprint density at radius 3 is 2.50 bits per heavy atom. The molecule has 1 aliphatic rings. The smallest absolute Gasteiger partial charge is 0.261 e. The number of aliphatic hydroxyl groups is 1. The van der Waals surface area contributed by atoms with Gasteiger partial charge in [0.1, 0.15) is 11.9 Å². The van der Waals surface area contributed by atoms with E-state index in [-0.39, 0.29) is 53.6 Å². The van der Waals surface area contributed by atoms with Crippen molar-refractivity contribution in [3.63, 3.8) is 0 Å². The maximum absolute atomic E-state index is 13.4. The van der Waals surface area contributed by atoms with Crippen LogP contribution in [0.4, 0.5) is 5.69 Å². The van der Waals surface area contributed by atoms with Gasteiger partial charge in [-0.05, 0) is 49.4 Å². The molecule has 42 heavy (non-hydrogen) atoms. The number of ether oxygens (including phenoxy) is 1. The zero-order valence-electron chi connectivity index (χ0n) is 23.6. The van der Waals surface area contributed by atoms with Gasteiger partial charge in [0, 0.05) is 49.0 Å². The molecule has 0 bridgehead atoms. The van der Waals surface area contributed by atoms with Gasteiger partial charge in [0.15, 0.2) is 5.03 Å². The van der Waals surface area contributed by atoms with Gasteiger partial charge >= 0.3 is 0 Å². The molecule has 0 saturated carbocycles. The zero-order valence-corrected chi connectivity index (χ0v) is 26.0. The van der Waals surface area contributed by atoms with Crippen molar-refractivity contribution < 1.29 is 31.5 Å². The number of halogens is 1. The maximum atomic E-state index is 13.4. The number of rotatable bonds is 9. The number of carbonyl (C=O) groups is 1. The number of anilines is 1. The van der Waals surface area contributed by atoms with Crippen molar-refractivity contribution in [1.82, 2.24) is 18.8 Å². The largest absolute Gasteiger partial charge is 0.488 e. The number of benzene rings is 2. The molecular weight excluding hydrogens is 606 g/mol. The van der Waals surface area contributed by atoms with Gasteiger partial charge in [-0.2, -0.15) is 4.31 Å². The molecule has 228 valence electrons. The first kappa shape index (κ1) is 31.8. The molecule has 0 radical (unpaired) electrons. The third-order valence-electron chi connectivity index (χ3n) is 7.09. The first-order chi connectivity index (χ1) is 19.7. The summed E-state index contributed by atoms with van der Waals surface area (Å²) in [6, 6.07) is 9.77. The molecule has 4 rings (SSSR count). The lowest BCUT2D eigenvalue weighted by molar-refractivity contribution is -0.134. The second kappa shape index (κ2) is 12.6. The average Bonchev–Trinajstić information content (AvgIpc) is 3.39. The minimum Gasteiger partial charge on any atom is -0.488 e. The van der Waals surface area contributed by atoms with Crippen LogP contribution < -0.4 is 9.46 Å². The van der Waals surface area contributed by atoms with Crippen LogP contribution in [0.1, 0.15) is 19.4 Å². The molecule has 0 spiro atoms. The lowest BCUT2D eigenvalue weighted by atomic mass is 10.0. The highest BCUT2D eigenvalue weighted by Gasteiger charge is 2.34. The fourth-order valence-corrected chi connectivity index (χ4v) is 6.89. The summed E-state index contributed by atoms with van der Waals surface area (Å²) in [6.45, 7) is 3.43. The Labute approximate surface area is 251 Å². The zero-order chi connectivity index (χ0) is 30.8. The second-order valence-electron chi connectivity index (χ2n) is 10.4. The first-order valence-electron chi connectivity index (χ1n) is 13.1. The van der Waals surface area contributed by atoms with Gasteiger partial charge in [0.25, 0.3) is 20.0 Å². The molecule has 0 fully saturated rings. The quantitative estimate of drug-likeness (QED) is 0.362. The van der Waals surface area contributed by atoms with E-state index in [1.54, 1.807) is 20.0 Å². The highest BCUT2D eigenvalue weighted by atomic mass is 35.5. The summed E-state index contributed by atoms with van der Waals surface area (Å²) in [5.41, 5.74) is 0.612. The van der Waals surface area contributed by atoms with Gasteiger partial charge in [-0.3, -0.25) is 9.52 Å². The number of hydrogen-bond acceptors (Lipinski definition) is 8. The number of amides is 1. The van der Waals surface area contributed by atoms with Gasteiger partial charge in [-0.25, -0.2) is 21.8 Å². The van der Waals surface area contributed by atoms with Crippen LogP contribution in [0.5, 0.6) is 5.75 Å². The standard InChI is InChI=1S/C27H34ClN5O7S2/c1-18-13-33(19(2)16-34)27(35)12-20-11-22(30-41(36,37)23-8-5-21(28)6-9-23)7-10-24(20)40-25(18)14-32(4)42(38,39)26-15-31(3)17-29-26/h5-11,15,17-19,25,30,34H,12-14,16H2,1-4H3/t18-,19+,25+/m1/s1. The van der Waals surface area contributed by atoms with Crippen LogP contribution in [0.15, 0.2) is 64.9 Å². The summed E-state index contributed by atoms with van der Waals surface area (Å²) in [7, 11) is -4.79. The minimum atomic E-state index is -3.96. The highest BCUT2D eigenvalue weighted by Crippen LogP contribution is 2.30. The monoisotopic (exact) mass is 639 g/mol. The predicted molar refractivity (Wildman–Crippen MR) is 157 cm³/mol. The van der Waals surface area contributed by atoms with Crippen LogP contribution in [0.2, 0.25) is 5.02 Å². The first-order valence-corrected chi connectivity index (χ1v) is 16.4.